The Kier molecular flexibility index (Phi) is 4.35. The molecule has 0 bridgehead atoms. The van der Waals surface area contributed by atoms with E-state index < -0.39 is 11.9 Å². The number of rotatable bonds is 4. The summed E-state index contributed by atoms with van der Waals surface area (Å²) in [6.07, 6.45) is 0. The van der Waals surface area contributed by atoms with Crippen LogP contribution in [-0.4, -0.2) is 18.2 Å². The zero-order valence-electron chi connectivity index (χ0n) is 9.53. The van der Waals surface area contributed by atoms with E-state index in [0.717, 1.165) is 10.0 Å². The van der Waals surface area contributed by atoms with Crippen LogP contribution in [-0.2, 0) is 4.79 Å². The third-order valence-corrected chi connectivity index (χ3v) is 3.19. The molecule has 3 nitrogen and oxygen atoms in total. The molecule has 88 valence electrons. The van der Waals surface area contributed by atoms with E-state index in [2.05, 4.69) is 15.9 Å². The molecule has 0 aliphatic rings. The van der Waals surface area contributed by atoms with E-state index in [-0.39, 0.29) is 5.92 Å². The quantitative estimate of drug-likeness (QED) is 0.924. The number of ether oxygens (including phenoxy) is 1. The second kappa shape index (κ2) is 5.34. The van der Waals surface area contributed by atoms with Gasteiger partial charge in [-0.1, -0.05) is 29.8 Å². The lowest BCUT2D eigenvalue weighted by molar-refractivity contribution is -0.139. The van der Waals surface area contributed by atoms with Gasteiger partial charge in [0.25, 0.3) is 0 Å². The standard InChI is InChI=1S/C12H15BrO3/c1-7(2)11(12(14)15)9-6-8(16-3)4-5-10(9)13/h4-7,11H,1-3H3,(H,14,15). The molecular weight excluding hydrogens is 272 g/mol. The molecule has 0 saturated carbocycles. The van der Waals surface area contributed by atoms with Gasteiger partial charge in [-0.15, -0.1) is 0 Å². The van der Waals surface area contributed by atoms with Crippen molar-refractivity contribution >= 4 is 21.9 Å². The highest BCUT2D eigenvalue weighted by molar-refractivity contribution is 9.10. The fraction of sp³-hybridized carbons (Fsp3) is 0.417. The van der Waals surface area contributed by atoms with Crippen molar-refractivity contribution in [1.29, 1.82) is 0 Å². The third-order valence-electron chi connectivity index (χ3n) is 2.47. The van der Waals surface area contributed by atoms with Crippen LogP contribution in [0, 0.1) is 5.92 Å². The predicted octanol–water partition coefficient (Wildman–Crippen LogP) is 3.28. The summed E-state index contributed by atoms with van der Waals surface area (Å²) in [5.41, 5.74) is 0.752. The van der Waals surface area contributed by atoms with E-state index >= 15 is 0 Å². The van der Waals surface area contributed by atoms with Crippen LogP contribution >= 0.6 is 15.9 Å². The van der Waals surface area contributed by atoms with Gasteiger partial charge in [-0.05, 0) is 29.7 Å². The number of hydrogen-bond acceptors (Lipinski definition) is 2. The van der Waals surface area contributed by atoms with Gasteiger partial charge in [0.1, 0.15) is 5.75 Å². The van der Waals surface area contributed by atoms with Gasteiger partial charge in [-0.3, -0.25) is 4.79 Å². The van der Waals surface area contributed by atoms with Gasteiger partial charge in [-0.25, -0.2) is 0 Å². The highest BCUT2D eigenvalue weighted by Crippen LogP contribution is 2.33. The fourth-order valence-corrected chi connectivity index (χ4v) is 2.16. The molecule has 0 aliphatic heterocycles. The maximum absolute atomic E-state index is 11.2. The number of benzene rings is 1. The van der Waals surface area contributed by atoms with Crippen LogP contribution in [0.4, 0.5) is 0 Å². The zero-order chi connectivity index (χ0) is 12.3. The molecule has 0 fully saturated rings. The molecule has 0 spiro atoms. The lowest BCUT2D eigenvalue weighted by Crippen LogP contribution is -2.18. The van der Waals surface area contributed by atoms with E-state index in [4.69, 9.17) is 4.74 Å². The smallest absolute Gasteiger partial charge is 0.311 e. The van der Waals surface area contributed by atoms with Crippen molar-refractivity contribution in [2.45, 2.75) is 19.8 Å². The van der Waals surface area contributed by atoms with E-state index in [9.17, 15) is 9.90 Å². The average molecular weight is 287 g/mol. The first kappa shape index (κ1) is 13.0. The van der Waals surface area contributed by atoms with Gasteiger partial charge in [0, 0.05) is 4.47 Å². The van der Waals surface area contributed by atoms with Crippen LogP contribution in [0.15, 0.2) is 22.7 Å². The minimum absolute atomic E-state index is 0.0286. The lowest BCUT2D eigenvalue weighted by atomic mass is 9.88. The monoisotopic (exact) mass is 286 g/mol. The Balaban J connectivity index is 3.22. The lowest BCUT2D eigenvalue weighted by Gasteiger charge is -2.18. The molecular formula is C12H15BrO3. The molecule has 4 heteroatoms. The van der Waals surface area contributed by atoms with Crippen molar-refractivity contribution in [3.63, 3.8) is 0 Å². The topological polar surface area (TPSA) is 46.5 Å². The van der Waals surface area contributed by atoms with Gasteiger partial charge in [0.2, 0.25) is 0 Å². The van der Waals surface area contributed by atoms with Gasteiger partial charge >= 0.3 is 5.97 Å². The summed E-state index contributed by atoms with van der Waals surface area (Å²) in [5, 5.41) is 9.22. The predicted molar refractivity (Wildman–Crippen MR) is 65.9 cm³/mol. The van der Waals surface area contributed by atoms with Crippen LogP contribution < -0.4 is 4.74 Å². The number of carboxylic acid groups (broad SMARTS) is 1. The van der Waals surface area contributed by atoms with Crippen LogP contribution in [0.2, 0.25) is 0 Å². The number of methoxy groups -OCH3 is 1. The number of aliphatic carboxylic acids is 1. The molecule has 1 unspecified atom stereocenters. The summed E-state index contributed by atoms with van der Waals surface area (Å²) in [4.78, 5) is 11.2. The average Bonchev–Trinajstić information content (AvgIpc) is 2.20. The molecule has 0 aliphatic carbocycles. The van der Waals surface area contributed by atoms with E-state index in [1.54, 1.807) is 19.2 Å². The Hall–Kier alpha value is -1.03. The molecule has 0 heterocycles. The normalized spacial score (nSPS) is 12.6. The molecule has 1 aromatic rings. The summed E-state index contributed by atoms with van der Waals surface area (Å²) in [6.45, 7) is 3.79. The molecule has 0 amide bonds. The second-order valence-electron chi connectivity index (χ2n) is 3.95. The Bertz CT molecular complexity index is 388. The molecule has 0 radical (unpaired) electrons. The summed E-state index contributed by atoms with van der Waals surface area (Å²) in [5.74, 6) is -0.639. The fourth-order valence-electron chi connectivity index (χ4n) is 1.66. The van der Waals surface area contributed by atoms with Gasteiger partial charge in [0.15, 0.2) is 0 Å². The Morgan fingerprint density at radius 2 is 2.06 bits per heavy atom. The molecule has 0 saturated heterocycles. The highest BCUT2D eigenvalue weighted by Gasteiger charge is 2.25. The SMILES string of the molecule is COc1ccc(Br)c(C(C(=O)O)C(C)C)c1. The Morgan fingerprint density at radius 1 is 1.44 bits per heavy atom. The molecule has 1 rings (SSSR count). The van der Waals surface area contributed by atoms with Crippen molar-refractivity contribution in [1.82, 2.24) is 0 Å². The molecule has 0 aromatic heterocycles. The van der Waals surface area contributed by atoms with Crippen LogP contribution in [0.1, 0.15) is 25.3 Å². The maximum atomic E-state index is 11.2. The van der Waals surface area contributed by atoms with Crippen LogP contribution in [0.3, 0.4) is 0 Å². The molecule has 1 aromatic carbocycles. The van der Waals surface area contributed by atoms with E-state index in [0.29, 0.717) is 5.75 Å². The van der Waals surface area contributed by atoms with Crippen molar-refractivity contribution in [3.05, 3.63) is 28.2 Å². The summed E-state index contributed by atoms with van der Waals surface area (Å²) in [7, 11) is 1.57. The second-order valence-corrected chi connectivity index (χ2v) is 4.80. The summed E-state index contributed by atoms with van der Waals surface area (Å²) >= 11 is 3.38. The largest absolute Gasteiger partial charge is 0.497 e. The number of carboxylic acids is 1. The minimum atomic E-state index is -0.816. The van der Waals surface area contributed by atoms with E-state index in [1.807, 2.05) is 19.9 Å². The minimum Gasteiger partial charge on any atom is -0.497 e. The Morgan fingerprint density at radius 3 is 2.50 bits per heavy atom. The zero-order valence-corrected chi connectivity index (χ0v) is 11.1. The van der Waals surface area contributed by atoms with Crippen molar-refractivity contribution < 1.29 is 14.6 Å². The number of carbonyl (C=O) groups is 1. The molecule has 16 heavy (non-hydrogen) atoms. The van der Waals surface area contributed by atoms with E-state index in [1.165, 1.54) is 0 Å². The van der Waals surface area contributed by atoms with Crippen molar-refractivity contribution in [3.8, 4) is 5.75 Å². The summed E-state index contributed by atoms with van der Waals surface area (Å²) in [6, 6.07) is 5.38. The third kappa shape index (κ3) is 2.76. The van der Waals surface area contributed by atoms with Crippen molar-refractivity contribution in [2.24, 2.45) is 5.92 Å². The maximum Gasteiger partial charge on any atom is 0.311 e. The molecule has 1 N–H and O–H groups in total. The Labute approximate surface area is 104 Å². The van der Waals surface area contributed by atoms with Crippen LogP contribution in [0.25, 0.3) is 0 Å². The van der Waals surface area contributed by atoms with Gasteiger partial charge < -0.3 is 9.84 Å². The van der Waals surface area contributed by atoms with Gasteiger partial charge in [-0.2, -0.15) is 0 Å². The first-order valence-electron chi connectivity index (χ1n) is 5.03. The first-order valence-corrected chi connectivity index (χ1v) is 5.83. The highest BCUT2D eigenvalue weighted by atomic mass is 79.9. The van der Waals surface area contributed by atoms with Crippen LogP contribution in [0.5, 0.6) is 5.75 Å². The van der Waals surface area contributed by atoms with Gasteiger partial charge in [0.05, 0.1) is 13.0 Å². The number of halogens is 1. The summed E-state index contributed by atoms with van der Waals surface area (Å²) < 4.78 is 5.91. The molecule has 1 atom stereocenters. The number of hydrogen-bond donors (Lipinski definition) is 1. The van der Waals surface area contributed by atoms with Crippen molar-refractivity contribution in [2.75, 3.05) is 7.11 Å². The first-order chi connectivity index (χ1) is 7.47.